The molecule has 27 heavy (non-hydrogen) atoms. The first kappa shape index (κ1) is 19.8. The number of ether oxygens (including phenoxy) is 2. The van der Waals surface area contributed by atoms with Gasteiger partial charge in [0.1, 0.15) is 0 Å². The Morgan fingerprint density at radius 1 is 1.26 bits per heavy atom. The van der Waals surface area contributed by atoms with Gasteiger partial charge in [-0.05, 0) is 76.7 Å². The molecule has 1 amide bonds. The summed E-state index contributed by atoms with van der Waals surface area (Å²) in [7, 11) is 1.61. The highest BCUT2D eigenvalue weighted by Crippen LogP contribution is 2.36. The summed E-state index contributed by atoms with van der Waals surface area (Å²) in [6.45, 7) is 2.69. The normalized spacial score (nSPS) is 16.6. The minimum Gasteiger partial charge on any atom is -0.493 e. The van der Waals surface area contributed by atoms with E-state index in [0.29, 0.717) is 22.4 Å². The van der Waals surface area contributed by atoms with Gasteiger partial charge in [-0.3, -0.25) is 4.79 Å². The summed E-state index contributed by atoms with van der Waals surface area (Å²) in [6, 6.07) is 13.4. The lowest BCUT2D eigenvalue weighted by Gasteiger charge is -2.13. The van der Waals surface area contributed by atoms with E-state index in [1.54, 1.807) is 7.11 Å². The molecule has 1 aliphatic heterocycles. The maximum atomic E-state index is 12.3. The van der Waals surface area contributed by atoms with Gasteiger partial charge in [0.2, 0.25) is 0 Å². The van der Waals surface area contributed by atoms with E-state index in [4.69, 9.17) is 9.47 Å². The second-order valence-electron chi connectivity index (χ2n) is 5.70. The third-order valence-corrected chi connectivity index (χ3v) is 5.35. The van der Waals surface area contributed by atoms with Crippen LogP contribution in [0.4, 0.5) is 5.69 Å². The zero-order chi connectivity index (χ0) is 19.2. The highest BCUT2D eigenvalue weighted by molar-refractivity contribution is 14.1. The Kier molecular flexibility index (Phi) is 6.78. The molecule has 0 unspecified atom stereocenters. The van der Waals surface area contributed by atoms with Crippen molar-refractivity contribution in [2.75, 3.05) is 13.7 Å². The number of halogens is 1. The standard InChI is InChI=1S/C20H19IN2O3S/c1-3-9-26-18-15(21)10-13(11-16(18)25-2)12-17-19(24)23-20(27-17)22-14-7-5-4-6-8-14/h4-8,10-12H,3,9H2,1-2H3,(H,22,23,24)/b17-12+. The molecule has 1 N–H and O–H groups in total. The van der Waals surface area contributed by atoms with Crippen molar-refractivity contribution in [3.05, 3.63) is 56.5 Å². The van der Waals surface area contributed by atoms with Gasteiger partial charge in [0.15, 0.2) is 16.7 Å². The van der Waals surface area contributed by atoms with Crippen LogP contribution in [0.2, 0.25) is 0 Å². The summed E-state index contributed by atoms with van der Waals surface area (Å²) in [4.78, 5) is 17.3. The molecule has 0 radical (unpaired) electrons. The van der Waals surface area contributed by atoms with Crippen molar-refractivity contribution in [2.45, 2.75) is 13.3 Å². The second-order valence-corrected chi connectivity index (χ2v) is 7.89. The van der Waals surface area contributed by atoms with Crippen molar-refractivity contribution in [3.63, 3.8) is 0 Å². The summed E-state index contributed by atoms with van der Waals surface area (Å²) < 4.78 is 12.2. The lowest BCUT2D eigenvalue weighted by atomic mass is 10.2. The largest absolute Gasteiger partial charge is 0.493 e. The molecule has 3 rings (SSSR count). The zero-order valence-corrected chi connectivity index (χ0v) is 18.0. The van der Waals surface area contributed by atoms with Crippen LogP contribution in [0.5, 0.6) is 11.5 Å². The molecule has 2 aromatic carbocycles. The number of hydrogen-bond donors (Lipinski definition) is 1. The maximum absolute atomic E-state index is 12.3. The molecule has 0 atom stereocenters. The number of hydrogen-bond acceptors (Lipinski definition) is 5. The molecular weight excluding hydrogens is 475 g/mol. The molecule has 0 spiro atoms. The molecule has 0 aromatic heterocycles. The van der Waals surface area contributed by atoms with Crippen LogP contribution in [0.1, 0.15) is 18.9 Å². The van der Waals surface area contributed by atoms with E-state index in [2.05, 4.69) is 39.8 Å². The van der Waals surface area contributed by atoms with Crippen LogP contribution in [-0.4, -0.2) is 24.8 Å². The number of amidine groups is 1. The molecule has 140 valence electrons. The molecule has 0 bridgehead atoms. The van der Waals surface area contributed by atoms with E-state index >= 15 is 0 Å². The molecule has 2 aromatic rings. The predicted molar refractivity (Wildman–Crippen MR) is 119 cm³/mol. The molecule has 5 nitrogen and oxygen atoms in total. The quantitative estimate of drug-likeness (QED) is 0.455. The molecule has 7 heteroatoms. The van der Waals surface area contributed by atoms with Gasteiger partial charge in [-0.1, -0.05) is 25.1 Å². The smallest absolute Gasteiger partial charge is 0.264 e. The van der Waals surface area contributed by atoms with Crippen LogP contribution in [0.15, 0.2) is 52.4 Å². The number of nitrogens with one attached hydrogen (secondary N) is 1. The number of carbonyl (C=O) groups excluding carboxylic acids is 1. The van der Waals surface area contributed by atoms with Gasteiger partial charge in [0, 0.05) is 0 Å². The minimum atomic E-state index is -0.157. The number of methoxy groups -OCH3 is 1. The molecular formula is C20H19IN2O3S. The maximum Gasteiger partial charge on any atom is 0.264 e. The fourth-order valence-electron chi connectivity index (χ4n) is 2.42. The first-order chi connectivity index (χ1) is 13.1. The Bertz CT molecular complexity index is 898. The number of rotatable bonds is 6. The number of amides is 1. The van der Waals surface area contributed by atoms with Gasteiger partial charge in [-0.25, -0.2) is 4.99 Å². The fraction of sp³-hybridized carbons (Fsp3) is 0.200. The van der Waals surface area contributed by atoms with Gasteiger partial charge < -0.3 is 14.8 Å². The van der Waals surface area contributed by atoms with Crippen LogP contribution >= 0.6 is 34.4 Å². The number of benzene rings is 2. The number of nitrogens with zero attached hydrogens (tertiary/aromatic N) is 1. The van der Waals surface area contributed by atoms with Crippen LogP contribution in [0, 0.1) is 3.57 Å². The van der Waals surface area contributed by atoms with Crippen LogP contribution < -0.4 is 14.8 Å². The van der Waals surface area contributed by atoms with Gasteiger partial charge in [-0.15, -0.1) is 0 Å². The molecule has 1 saturated heterocycles. The van der Waals surface area contributed by atoms with E-state index in [1.165, 1.54) is 11.8 Å². The monoisotopic (exact) mass is 494 g/mol. The van der Waals surface area contributed by atoms with Gasteiger partial charge in [-0.2, -0.15) is 0 Å². The fourth-order valence-corrected chi connectivity index (χ4v) is 4.04. The SMILES string of the molecule is CCCOc1c(I)cc(/C=C2/SC(=Nc3ccccc3)NC2=O)cc1OC. The zero-order valence-electron chi connectivity index (χ0n) is 15.0. The summed E-state index contributed by atoms with van der Waals surface area (Å²) in [5, 5.41) is 3.37. The molecule has 1 fully saturated rings. The van der Waals surface area contributed by atoms with Crippen LogP contribution in [0.3, 0.4) is 0 Å². The Labute approximate surface area is 176 Å². The van der Waals surface area contributed by atoms with E-state index < -0.39 is 0 Å². The van der Waals surface area contributed by atoms with Crippen molar-refractivity contribution < 1.29 is 14.3 Å². The van der Waals surface area contributed by atoms with Crippen molar-refractivity contribution >= 4 is 57.2 Å². The van der Waals surface area contributed by atoms with E-state index in [-0.39, 0.29) is 5.91 Å². The Hall–Kier alpha value is -2.00. The van der Waals surface area contributed by atoms with Gasteiger partial charge in [0.25, 0.3) is 5.91 Å². The summed E-state index contributed by atoms with van der Waals surface area (Å²) in [5.74, 6) is 1.23. The summed E-state index contributed by atoms with van der Waals surface area (Å²) in [6.07, 6.45) is 2.76. The average molecular weight is 494 g/mol. The Morgan fingerprint density at radius 3 is 2.74 bits per heavy atom. The number of thioether (sulfide) groups is 1. The average Bonchev–Trinajstić information content (AvgIpc) is 3.00. The van der Waals surface area contributed by atoms with Gasteiger partial charge >= 0.3 is 0 Å². The van der Waals surface area contributed by atoms with Crippen molar-refractivity contribution in [1.29, 1.82) is 0 Å². The Balaban J connectivity index is 1.85. The molecule has 1 heterocycles. The lowest BCUT2D eigenvalue weighted by Crippen LogP contribution is -2.19. The first-order valence-corrected chi connectivity index (χ1v) is 10.3. The number of para-hydroxylation sites is 1. The lowest BCUT2D eigenvalue weighted by molar-refractivity contribution is -0.115. The van der Waals surface area contributed by atoms with E-state index in [9.17, 15) is 4.79 Å². The molecule has 1 aliphatic rings. The highest BCUT2D eigenvalue weighted by atomic mass is 127. The topological polar surface area (TPSA) is 59.9 Å². The molecule has 0 saturated carbocycles. The van der Waals surface area contributed by atoms with Crippen molar-refractivity contribution in [1.82, 2.24) is 5.32 Å². The number of aliphatic imine (C=N–C) groups is 1. The van der Waals surface area contributed by atoms with Crippen LogP contribution in [-0.2, 0) is 4.79 Å². The van der Waals surface area contributed by atoms with E-state index in [0.717, 1.165) is 27.0 Å². The Morgan fingerprint density at radius 2 is 2.04 bits per heavy atom. The summed E-state index contributed by atoms with van der Waals surface area (Å²) in [5.41, 5.74) is 1.67. The third kappa shape index (κ3) is 5.04. The molecule has 0 aliphatic carbocycles. The van der Waals surface area contributed by atoms with E-state index in [1.807, 2.05) is 48.5 Å². The first-order valence-electron chi connectivity index (χ1n) is 8.45. The highest BCUT2D eigenvalue weighted by Gasteiger charge is 2.24. The number of carbonyl (C=O) groups is 1. The van der Waals surface area contributed by atoms with Gasteiger partial charge in [0.05, 0.1) is 27.9 Å². The second kappa shape index (κ2) is 9.27. The third-order valence-electron chi connectivity index (χ3n) is 3.64. The van der Waals surface area contributed by atoms with Crippen molar-refractivity contribution in [2.24, 2.45) is 4.99 Å². The van der Waals surface area contributed by atoms with Crippen LogP contribution in [0.25, 0.3) is 6.08 Å². The summed E-state index contributed by atoms with van der Waals surface area (Å²) >= 11 is 3.54. The minimum absolute atomic E-state index is 0.157. The predicted octanol–water partition coefficient (Wildman–Crippen LogP) is 4.98. The van der Waals surface area contributed by atoms with Crippen molar-refractivity contribution in [3.8, 4) is 11.5 Å².